The Kier molecular flexibility index (Phi) is 5.92. The fraction of sp³-hybridized carbons (Fsp3) is 0.235. The van der Waals surface area contributed by atoms with Crippen LogP contribution >= 0.6 is 11.6 Å². The highest BCUT2D eigenvalue weighted by molar-refractivity contribution is 7.89. The van der Waals surface area contributed by atoms with E-state index in [0.717, 1.165) is 5.56 Å². The van der Waals surface area contributed by atoms with Gasteiger partial charge >= 0.3 is 0 Å². The molecule has 0 heterocycles. The van der Waals surface area contributed by atoms with Crippen LogP contribution in [-0.4, -0.2) is 26.3 Å². The maximum absolute atomic E-state index is 12.4. The van der Waals surface area contributed by atoms with Crippen molar-refractivity contribution in [3.8, 4) is 11.5 Å². The Balaban J connectivity index is 2.24. The number of aromatic hydroxyl groups is 1. The van der Waals surface area contributed by atoms with Gasteiger partial charge in [-0.3, -0.25) is 0 Å². The van der Waals surface area contributed by atoms with E-state index in [1.54, 1.807) is 26.0 Å². The number of sulfonamides is 1. The van der Waals surface area contributed by atoms with Gasteiger partial charge in [0.15, 0.2) is 11.5 Å². The highest BCUT2D eigenvalue weighted by Crippen LogP contribution is 2.34. The summed E-state index contributed by atoms with van der Waals surface area (Å²) in [5, 5.41) is 13.7. The predicted octanol–water partition coefficient (Wildman–Crippen LogP) is 3.37. The van der Waals surface area contributed by atoms with Gasteiger partial charge in [0, 0.05) is 0 Å². The van der Waals surface area contributed by atoms with E-state index in [4.69, 9.17) is 16.3 Å². The fourth-order valence-corrected chi connectivity index (χ4v) is 3.49. The molecule has 0 amide bonds. The van der Waals surface area contributed by atoms with Crippen LogP contribution in [0.1, 0.15) is 23.6 Å². The van der Waals surface area contributed by atoms with Crippen molar-refractivity contribution in [1.29, 1.82) is 0 Å². The number of rotatable bonds is 6. The SMILES string of the molecule is CCOc1cc(/C=N/NS(=O)(=O)c2cc(C)ccc2C)cc(Cl)c1O. The molecule has 0 radical (unpaired) electrons. The van der Waals surface area contributed by atoms with Crippen molar-refractivity contribution in [2.75, 3.05) is 6.61 Å². The highest BCUT2D eigenvalue weighted by atomic mass is 35.5. The number of hydrogen-bond acceptors (Lipinski definition) is 5. The molecule has 0 spiro atoms. The van der Waals surface area contributed by atoms with Crippen molar-refractivity contribution in [2.24, 2.45) is 5.10 Å². The molecular weight excluding hydrogens is 364 g/mol. The quantitative estimate of drug-likeness (QED) is 0.592. The lowest BCUT2D eigenvalue weighted by Gasteiger charge is -2.09. The summed E-state index contributed by atoms with van der Waals surface area (Å²) in [6, 6.07) is 8.13. The van der Waals surface area contributed by atoms with Crippen LogP contribution in [0.25, 0.3) is 0 Å². The zero-order valence-electron chi connectivity index (χ0n) is 14.1. The summed E-state index contributed by atoms with van der Waals surface area (Å²) < 4.78 is 30.0. The molecule has 8 heteroatoms. The lowest BCUT2D eigenvalue weighted by molar-refractivity contribution is 0.318. The zero-order valence-corrected chi connectivity index (χ0v) is 15.6. The van der Waals surface area contributed by atoms with Crippen molar-refractivity contribution in [3.63, 3.8) is 0 Å². The number of aryl methyl sites for hydroxylation is 2. The third-order valence-corrected chi connectivity index (χ3v) is 5.02. The van der Waals surface area contributed by atoms with Crippen LogP contribution < -0.4 is 9.57 Å². The summed E-state index contributed by atoms with van der Waals surface area (Å²) in [6.45, 7) is 5.65. The van der Waals surface area contributed by atoms with Gasteiger partial charge in [-0.2, -0.15) is 13.5 Å². The molecule has 134 valence electrons. The molecule has 0 bridgehead atoms. The van der Waals surface area contributed by atoms with E-state index in [1.165, 1.54) is 18.3 Å². The first-order chi connectivity index (χ1) is 11.7. The van der Waals surface area contributed by atoms with Crippen molar-refractivity contribution in [3.05, 3.63) is 52.0 Å². The lowest BCUT2D eigenvalue weighted by atomic mass is 10.2. The Morgan fingerprint density at radius 2 is 2.00 bits per heavy atom. The average molecular weight is 383 g/mol. The smallest absolute Gasteiger partial charge is 0.276 e. The van der Waals surface area contributed by atoms with Gasteiger partial charge in [0.25, 0.3) is 10.0 Å². The third kappa shape index (κ3) is 4.64. The van der Waals surface area contributed by atoms with Crippen LogP contribution in [0, 0.1) is 13.8 Å². The highest BCUT2D eigenvalue weighted by Gasteiger charge is 2.16. The van der Waals surface area contributed by atoms with Crippen LogP contribution in [-0.2, 0) is 10.0 Å². The zero-order chi connectivity index (χ0) is 18.6. The number of phenols is 1. The second kappa shape index (κ2) is 7.76. The van der Waals surface area contributed by atoms with Crippen LogP contribution in [0.4, 0.5) is 0 Å². The van der Waals surface area contributed by atoms with Gasteiger partial charge in [0.2, 0.25) is 0 Å². The largest absolute Gasteiger partial charge is 0.503 e. The number of nitrogens with zero attached hydrogens (tertiary/aromatic N) is 1. The lowest BCUT2D eigenvalue weighted by Crippen LogP contribution is -2.19. The molecule has 0 unspecified atom stereocenters. The maximum Gasteiger partial charge on any atom is 0.276 e. The number of benzene rings is 2. The van der Waals surface area contributed by atoms with E-state index in [2.05, 4.69) is 9.93 Å². The molecule has 0 atom stereocenters. The summed E-state index contributed by atoms with van der Waals surface area (Å²) in [5.74, 6) is 0.0328. The molecule has 2 aromatic carbocycles. The summed E-state index contributed by atoms with van der Waals surface area (Å²) in [6.07, 6.45) is 1.29. The molecule has 25 heavy (non-hydrogen) atoms. The summed E-state index contributed by atoms with van der Waals surface area (Å²) in [7, 11) is -3.78. The minimum absolute atomic E-state index is 0.0878. The number of hydrazone groups is 1. The molecule has 2 aromatic rings. The maximum atomic E-state index is 12.4. The normalized spacial score (nSPS) is 11.7. The van der Waals surface area contributed by atoms with Gasteiger partial charge in [0.1, 0.15) is 0 Å². The first kappa shape index (κ1) is 19.1. The second-order valence-corrected chi connectivity index (χ2v) is 7.44. The first-order valence-corrected chi connectivity index (χ1v) is 9.38. The molecular formula is C17H19ClN2O4S. The third-order valence-electron chi connectivity index (χ3n) is 3.37. The van der Waals surface area contributed by atoms with Gasteiger partial charge in [-0.15, -0.1) is 0 Å². The molecule has 0 aliphatic heterocycles. The molecule has 0 fully saturated rings. The Hall–Kier alpha value is -2.25. The Morgan fingerprint density at radius 3 is 2.68 bits per heavy atom. The van der Waals surface area contributed by atoms with E-state index in [-0.39, 0.29) is 21.4 Å². The van der Waals surface area contributed by atoms with Gasteiger partial charge < -0.3 is 9.84 Å². The summed E-state index contributed by atoms with van der Waals surface area (Å²) in [4.78, 5) is 2.34. The number of phenolic OH excluding ortho intramolecular Hbond substituents is 1. The van der Waals surface area contributed by atoms with E-state index < -0.39 is 10.0 Å². The number of nitrogens with one attached hydrogen (secondary N) is 1. The van der Waals surface area contributed by atoms with Gasteiger partial charge in [0.05, 0.1) is 22.7 Å². The molecule has 0 aromatic heterocycles. The molecule has 0 aliphatic rings. The molecule has 2 N–H and O–H groups in total. The van der Waals surface area contributed by atoms with Crippen LogP contribution in [0.3, 0.4) is 0 Å². The van der Waals surface area contributed by atoms with Gasteiger partial charge in [-0.1, -0.05) is 23.7 Å². The van der Waals surface area contributed by atoms with Crippen LogP contribution in [0.2, 0.25) is 5.02 Å². The fourth-order valence-electron chi connectivity index (χ4n) is 2.15. The van der Waals surface area contributed by atoms with Crippen molar-refractivity contribution < 1.29 is 18.3 Å². The number of hydrogen-bond donors (Lipinski definition) is 2. The molecule has 0 saturated carbocycles. The Morgan fingerprint density at radius 1 is 1.28 bits per heavy atom. The molecule has 0 aliphatic carbocycles. The summed E-state index contributed by atoms with van der Waals surface area (Å²) in [5.41, 5.74) is 1.94. The Bertz CT molecular complexity index is 911. The van der Waals surface area contributed by atoms with Crippen LogP contribution in [0.15, 0.2) is 40.3 Å². The van der Waals surface area contributed by atoms with E-state index >= 15 is 0 Å². The van der Waals surface area contributed by atoms with Gasteiger partial charge in [-0.05, 0) is 55.7 Å². The molecule has 2 rings (SSSR count). The summed E-state index contributed by atoms with van der Waals surface area (Å²) >= 11 is 5.93. The van der Waals surface area contributed by atoms with Crippen molar-refractivity contribution in [1.82, 2.24) is 4.83 Å². The number of ether oxygens (including phenoxy) is 1. The predicted molar refractivity (Wildman–Crippen MR) is 98.1 cm³/mol. The molecule has 0 saturated heterocycles. The monoisotopic (exact) mass is 382 g/mol. The Labute approximate surface area is 152 Å². The van der Waals surface area contributed by atoms with E-state index in [1.807, 2.05) is 13.0 Å². The minimum Gasteiger partial charge on any atom is -0.503 e. The van der Waals surface area contributed by atoms with Crippen LogP contribution in [0.5, 0.6) is 11.5 Å². The van der Waals surface area contributed by atoms with E-state index in [9.17, 15) is 13.5 Å². The standard InChI is InChI=1S/C17H19ClN2O4S/c1-4-24-15-9-13(8-14(18)17(15)21)10-19-20-25(22,23)16-7-11(2)5-6-12(16)3/h5-10,20-21H,4H2,1-3H3/b19-10+. The number of halogens is 1. The minimum atomic E-state index is -3.78. The second-order valence-electron chi connectivity index (χ2n) is 5.40. The van der Waals surface area contributed by atoms with Crippen molar-refractivity contribution >= 4 is 27.8 Å². The van der Waals surface area contributed by atoms with Gasteiger partial charge in [-0.25, -0.2) is 4.83 Å². The van der Waals surface area contributed by atoms with Crippen molar-refractivity contribution in [2.45, 2.75) is 25.7 Å². The van der Waals surface area contributed by atoms with E-state index in [0.29, 0.717) is 17.7 Å². The topological polar surface area (TPSA) is 88.0 Å². The average Bonchev–Trinajstić information content (AvgIpc) is 2.54. The first-order valence-electron chi connectivity index (χ1n) is 7.52. The molecule has 6 nitrogen and oxygen atoms in total.